The Kier molecular flexibility index (Phi) is 5.23. The predicted molar refractivity (Wildman–Crippen MR) is 95.0 cm³/mol. The van der Waals surface area contributed by atoms with Crippen LogP contribution in [0.25, 0.3) is 0 Å². The number of hydrogen-bond donors (Lipinski definition) is 1. The lowest BCUT2D eigenvalue weighted by Gasteiger charge is -2.16. The summed E-state index contributed by atoms with van der Waals surface area (Å²) in [6.07, 6.45) is 3.62. The van der Waals surface area contributed by atoms with Gasteiger partial charge >= 0.3 is 0 Å². The summed E-state index contributed by atoms with van der Waals surface area (Å²) in [5, 5.41) is 3.49. The summed E-state index contributed by atoms with van der Waals surface area (Å²) in [5.74, 6) is 1.23. The molecule has 2 heterocycles. The summed E-state index contributed by atoms with van der Waals surface area (Å²) < 4.78 is 10.5. The van der Waals surface area contributed by atoms with E-state index in [1.807, 2.05) is 0 Å². The van der Waals surface area contributed by atoms with E-state index < -0.39 is 0 Å². The van der Waals surface area contributed by atoms with Crippen LogP contribution in [0.3, 0.4) is 0 Å². The van der Waals surface area contributed by atoms with Gasteiger partial charge in [-0.1, -0.05) is 11.6 Å². The van der Waals surface area contributed by atoms with E-state index in [0.29, 0.717) is 33.9 Å². The molecule has 0 unspecified atom stereocenters. The number of methoxy groups -OCH3 is 2. The molecule has 0 saturated carbocycles. The fourth-order valence-electron chi connectivity index (χ4n) is 2.70. The largest absolute Gasteiger partial charge is 0.495 e. The summed E-state index contributed by atoms with van der Waals surface area (Å²) >= 11 is 6.11. The molecule has 1 amide bonds. The highest BCUT2D eigenvalue weighted by atomic mass is 35.5. The first-order valence-electron chi connectivity index (χ1n) is 7.93. The summed E-state index contributed by atoms with van der Waals surface area (Å²) in [7, 11) is 3.07. The van der Waals surface area contributed by atoms with E-state index in [1.165, 1.54) is 14.2 Å². The number of anilines is 2. The molecule has 25 heavy (non-hydrogen) atoms. The number of carbonyl (C=O) groups is 1. The van der Waals surface area contributed by atoms with Gasteiger partial charge in [0, 0.05) is 31.4 Å². The Balaban J connectivity index is 1.86. The topological polar surface area (TPSA) is 76.6 Å². The Morgan fingerprint density at radius 1 is 1.20 bits per heavy atom. The van der Waals surface area contributed by atoms with E-state index in [2.05, 4.69) is 15.3 Å². The van der Waals surface area contributed by atoms with E-state index in [4.69, 9.17) is 21.1 Å². The number of nitrogens with zero attached hydrogens (tertiary/aromatic N) is 3. The number of carbonyl (C=O) groups excluding carboxylic acids is 1. The quantitative estimate of drug-likeness (QED) is 0.880. The molecule has 1 N–H and O–H groups in total. The minimum Gasteiger partial charge on any atom is -0.495 e. The van der Waals surface area contributed by atoms with Crippen molar-refractivity contribution in [3.05, 3.63) is 35.1 Å². The zero-order valence-electron chi connectivity index (χ0n) is 14.1. The van der Waals surface area contributed by atoms with E-state index in [9.17, 15) is 4.79 Å². The lowest BCUT2D eigenvalue weighted by atomic mass is 10.2. The molecule has 7 nitrogen and oxygen atoms in total. The number of hydrogen-bond acceptors (Lipinski definition) is 6. The molecule has 0 bridgehead atoms. The second-order valence-corrected chi connectivity index (χ2v) is 5.98. The number of nitrogens with one attached hydrogen (secondary N) is 1. The molecular formula is C17H19ClN4O3. The van der Waals surface area contributed by atoms with Gasteiger partial charge in [-0.25, -0.2) is 9.97 Å². The van der Waals surface area contributed by atoms with Gasteiger partial charge in [0.1, 0.15) is 17.2 Å². The van der Waals surface area contributed by atoms with Gasteiger partial charge in [0.2, 0.25) is 5.95 Å². The van der Waals surface area contributed by atoms with Gasteiger partial charge in [0.05, 0.1) is 24.9 Å². The Morgan fingerprint density at radius 2 is 1.92 bits per heavy atom. The van der Waals surface area contributed by atoms with Crippen LogP contribution < -0.4 is 14.8 Å². The Bertz CT molecular complexity index is 778. The molecule has 1 saturated heterocycles. The van der Waals surface area contributed by atoms with Crippen molar-refractivity contribution in [2.75, 3.05) is 32.6 Å². The highest BCUT2D eigenvalue weighted by Gasteiger charge is 2.21. The molecule has 1 aliphatic heterocycles. The summed E-state index contributed by atoms with van der Waals surface area (Å²) in [6, 6.07) is 4.95. The van der Waals surface area contributed by atoms with Crippen LogP contribution in [0.5, 0.6) is 11.5 Å². The SMILES string of the molecule is COc1cc(Nc2nccc(C(=O)N3CCCC3)n2)c(OC)cc1Cl. The van der Waals surface area contributed by atoms with Crippen molar-refractivity contribution in [3.63, 3.8) is 0 Å². The molecule has 1 aliphatic rings. The first kappa shape index (κ1) is 17.3. The fraction of sp³-hybridized carbons (Fsp3) is 0.353. The van der Waals surface area contributed by atoms with Crippen LogP contribution in [0, 0.1) is 0 Å². The van der Waals surface area contributed by atoms with Crippen molar-refractivity contribution in [1.82, 2.24) is 14.9 Å². The van der Waals surface area contributed by atoms with Gasteiger partial charge in [-0.05, 0) is 18.9 Å². The number of ether oxygens (including phenoxy) is 2. The first-order chi connectivity index (χ1) is 12.1. The lowest BCUT2D eigenvalue weighted by molar-refractivity contribution is 0.0787. The molecule has 0 aliphatic carbocycles. The van der Waals surface area contributed by atoms with E-state index in [0.717, 1.165) is 25.9 Å². The van der Waals surface area contributed by atoms with Gasteiger partial charge < -0.3 is 19.7 Å². The van der Waals surface area contributed by atoms with Crippen LogP contribution >= 0.6 is 11.6 Å². The summed E-state index contributed by atoms with van der Waals surface area (Å²) in [6.45, 7) is 1.54. The number of halogens is 1. The van der Waals surface area contributed by atoms with Crippen LogP contribution in [-0.4, -0.2) is 48.1 Å². The molecule has 0 spiro atoms. The standard InChI is InChI=1S/C17H19ClN4O3/c1-24-14-10-13(15(25-2)9-11(14)18)21-17-19-6-5-12(20-17)16(23)22-7-3-4-8-22/h5-6,9-10H,3-4,7-8H2,1-2H3,(H,19,20,21). The molecule has 1 fully saturated rings. The highest BCUT2D eigenvalue weighted by molar-refractivity contribution is 6.32. The minimum atomic E-state index is -0.0800. The average molecular weight is 363 g/mol. The number of rotatable bonds is 5. The minimum absolute atomic E-state index is 0.0800. The molecule has 2 aromatic rings. The van der Waals surface area contributed by atoms with Crippen molar-refractivity contribution in [2.24, 2.45) is 0 Å². The Labute approximate surface area is 150 Å². The molecule has 132 valence electrons. The van der Waals surface area contributed by atoms with Crippen molar-refractivity contribution < 1.29 is 14.3 Å². The average Bonchev–Trinajstić information content (AvgIpc) is 3.17. The number of likely N-dealkylation sites (tertiary alicyclic amines) is 1. The van der Waals surface area contributed by atoms with Crippen molar-refractivity contribution in [3.8, 4) is 11.5 Å². The van der Waals surface area contributed by atoms with Crippen LogP contribution in [0.1, 0.15) is 23.3 Å². The highest BCUT2D eigenvalue weighted by Crippen LogP contribution is 2.36. The molecule has 1 aromatic heterocycles. The van der Waals surface area contributed by atoms with Gasteiger partial charge in [0.15, 0.2) is 0 Å². The molecule has 3 rings (SSSR count). The predicted octanol–water partition coefficient (Wildman–Crippen LogP) is 3.13. The maximum absolute atomic E-state index is 12.5. The summed E-state index contributed by atoms with van der Waals surface area (Å²) in [4.78, 5) is 22.8. The van der Waals surface area contributed by atoms with Crippen molar-refractivity contribution >= 4 is 29.1 Å². The van der Waals surface area contributed by atoms with Crippen LogP contribution in [0.2, 0.25) is 5.02 Å². The third-order valence-corrected chi connectivity index (χ3v) is 4.28. The zero-order valence-corrected chi connectivity index (χ0v) is 14.8. The molecular weight excluding hydrogens is 344 g/mol. The third kappa shape index (κ3) is 3.76. The molecule has 8 heteroatoms. The van der Waals surface area contributed by atoms with E-state index in [1.54, 1.807) is 29.3 Å². The second-order valence-electron chi connectivity index (χ2n) is 5.58. The van der Waals surface area contributed by atoms with Gasteiger partial charge in [0.25, 0.3) is 5.91 Å². The molecule has 0 atom stereocenters. The van der Waals surface area contributed by atoms with Gasteiger partial charge in [-0.15, -0.1) is 0 Å². The molecule has 1 aromatic carbocycles. The first-order valence-corrected chi connectivity index (χ1v) is 8.31. The van der Waals surface area contributed by atoms with E-state index in [-0.39, 0.29) is 5.91 Å². The fourth-order valence-corrected chi connectivity index (χ4v) is 2.93. The maximum atomic E-state index is 12.5. The monoisotopic (exact) mass is 362 g/mol. The summed E-state index contributed by atoms with van der Waals surface area (Å²) in [5.41, 5.74) is 0.953. The number of aromatic nitrogens is 2. The molecule has 0 radical (unpaired) electrons. The van der Waals surface area contributed by atoms with Crippen LogP contribution in [0.4, 0.5) is 11.6 Å². The van der Waals surface area contributed by atoms with Crippen molar-refractivity contribution in [2.45, 2.75) is 12.8 Å². The Morgan fingerprint density at radius 3 is 2.60 bits per heavy atom. The normalized spacial score (nSPS) is 13.6. The Hall–Kier alpha value is -2.54. The third-order valence-electron chi connectivity index (χ3n) is 3.99. The van der Waals surface area contributed by atoms with Gasteiger partial charge in [-0.2, -0.15) is 0 Å². The van der Waals surface area contributed by atoms with Crippen LogP contribution in [-0.2, 0) is 0 Å². The van der Waals surface area contributed by atoms with E-state index >= 15 is 0 Å². The van der Waals surface area contributed by atoms with Crippen LogP contribution in [0.15, 0.2) is 24.4 Å². The number of amides is 1. The second kappa shape index (κ2) is 7.57. The maximum Gasteiger partial charge on any atom is 0.272 e. The lowest BCUT2D eigenvalue weighted by Crippen LogP contribution is -2.28. The van der Waals surface area contributed by atoms with Gasteiger partial charge in [-0.3, -0.25) is 4.79 Å². The zero-order chi connectivity index (χ0) is 17.8. The smallest absolute Gasteiger partial charge is 0.272 e. The van der Waals surface area contributed by atoms with Crippen molar-refractivity contribution in [1.29, 1.82) is 0 Å². The number of benzene rings is 1.